The van der Waals surface area contributed by atoms with Crippen molar-refractivity contribution >= 4 is 23.5 Å². The minimum absolute atomic E-state index is 0.0662. The van der Waals surface area contributed by atoms with Gasteiger partial charge in [0.05, 0.1) is 13.7 Å². The summed E-state index contributed by atoms with van der Waals surface area (Å²) < 4.78 is 15.5. The van der Waals surface area contributed by atoms with Gasteiger partial charge in [0.2, 0.25) is 17.7 Å². The fraction of sp³-hybridized carbons (Fsp3) is 0.520. The van der Waals surface area contributed by atoms with Gasteiger partial charge < -0.3 is 29.5 Å². The second kappa shape index (κ2) is 12.9. The second-order valence-electron chi connectivity index (χ2n) is 8.62. The van der Waals surface area contributed by atoms with Gasteiger partial charge in [0.25, 0.3) is 0 Å². The van der Waals surface area contributed by atoms with Crippen LogP contribution in [-0.2, 0) is 19.1 Å². The first-order valence-corrected chi connectivity index (χ1v) is 11.9. The molecular formula is C25H34N4O6. The topological polar surface area (TPSA) is 123 Å². The van der Waals surface area contributed by atoms with Gasteiger partial charge in [-0.05, 0) is 37.5 Å². The summed E-state index contributed by atoms with van der Waals surface area (Å²) in [6.07, 6.45) is 3.84. The van der Waals surface area contributed by atoms with E-state index in [9.17, 15) is 14.4 Å². The van der Waals surface area contributed by atoms with Crippen LogP contribution >= 0.6 is 0 Å². The number of amides is 3. The molecule has 0 radical (unpaired) electrons. The molecule has 0 saturated heterocycles. The zero-order chi connectivity index (χ0) is 25.2. The highest BCUT2D eigenvalue weighted by Gasteiger charge is 2.33. The molecule has 1 heterocycles. The van der Waals surface area contributed by atoms with Crippen molar-refractivity contribution in [2.24, 2.45) is 0 Å². The Morgan fingerprint density at radius 1 is 1.17 bits per heavy atom. The predicted octanol–water partition coefficient (Wildman–Crippen LogP) is 2.99. The summed E-state index contributed by atoms with van der Waals surface area (Å²) in [5.74, 6) is 0.493. The Labute approximate surface area is 205 Å². The lowest BCUT2D eigenvalue weighted by molar-refractivity contribution is -0.142. The summed E-state index contributed by atoms with van der Waals surface area (Å²) in [6, 6.07) is 7.93. The molecule has 0 spiro atoms. The Morgan fingerprint density at radius 3 is 2.60 bits per heavy atom. The third-order valence-corrected chi connectivity index (χ3v) is 5.99. The lowest BCUT2D eigenvalue weighted by Gasteiger charge is -2.32. The zero-order valence-electron chi connectivity index (χ0n) is 20.5. The number of aryl methyl sites for hydroxylation is 1. The van der Waals surface area contributed by atoms with Gasteiger partial charge in [-0.3, -0.25) is 14.4 Å². The Bertz CT molecular complexity index is 1000. The van der Waals surface area contributed by atoms with Gasteiger partial charge in [-0.15, -0.1) is 0 Å². The molecule has 1 atom stereocenters. The molecule has 0 unspecified atom stereocenters. The molecule has 0 bridgehead atoms. The average Bonchev–Trinajstić information content (AvgIpc) is 3.51. The zero-order valence-corrected chi connectivity index (χ0v) is 20.5. The van der Waals surface area contributed by atoms with Crippen LogP contribution in [0, 0.1) is 6.92 Å². The normalized spacial score (nSPS) is 14.4. The molecule has 1 aromatic carbocycles. The number of benzene rings is 1. The van der Waals surface area contributed by atoms with E-state index in [4.69, 9.17) is 14.0 Å². The number of hydrogen-bond acceptors (Lipinski definition) is 7. The fourth-order valence-electron chi connectivity index (χ4n) is 4.22. The van der Waals surface area contributed by atoms with Gasteiger partial charge in [-0.1, -0.05) is 30.1 Å². The molecule has 35 heavy (non-hydrogen) atoms. The standard InChI is InChI=1S/C25H34N4O6/c1-17-15-21(28-35-17)27-22(30)11-12-23(31)29(13-14-33-2)24(18-7-6-10-20(16-18)34-3)25(32)26-19-8-4-5-9-19/h6-7,10,15-16,19,24H,4-5,8-9,11-14H2,1-3H3,(H,26,32)(H,27,28,30)/t24-/m0/s1. The van der Waals surface area contributed by atoms with Gasteiger partial charge in [-0.25, -0.2) is 0 Å². The molecule has 190 valence electrons. The van der Waals surface area contributed by atoms with Crippen LogP contribution in [0.2, 0.25) is 0 Å². The first-order valence-electron chi connectivity index (χ1n) is 11.9. The van der Waals surface area contributed by atoms with Crippen molar-refractivity contribution in [2.45, 2.75) is 57.5 Å². The van der Waals surface area contributed by atoms with Crippen LogP contribution in [0.5, 0.6) is 5.75 Å². The third kappa shape index (κ3) is 7.54. The smallest absolute Gasteiger partial charge is 0.247 e. The molecule has 2 aromatic rings. The summed E-state index contributed by atoms with van der Waals surface area (Å²) in [4.78, 5) is 40.7. The van der Waals surface area contributed by atoms with Crippen molar-refractivity contribution in [1.82, 2.24) is 15.4 Å². The molecule has 0 aliphatic heterocycles. The van der Waals surface area contributed by atoms with Crippen molar-refractivity contribution in [1.29, 1.82) is 0 Å². The molecule has 2 N–H and O–H groups in total. The molecule has 1 fully saturated rings. The number of carbonyl (C=O) groups is 3. The van der Waals surface area contributed by atoms with Gasteiger partial charge >= 0.3 is 0 Å². The van der Waals surface area contributed by atoms with Crippen molar-refractivity contribution in [3.05, 3.63) is 41.7 Å². The average molecular weight is 487 g/mol. The number of anilines is 1. The van der Waals surface area contributed by atoms with Gasteiger partial charge in [-0.2, -0.15) is 0 Å². The molecule has 10 nitrogen and oxygen atoms in total. The highest BCUT2D eigenvalue weighted by atomic mass is 16.5. The van der Waals surface area contributed by atoms with Crippen molar-refractivity contribution in [3.8, 4) is 5.75 Å². The minimum atomic E-state index is -0.880. The number of rotatable bonds is 12. The van der Waals surface area contributed by atoms with Crippen LogP contribution in [0.15, 0.2) is 34.9 Å². The summed E-state index contributed by atoms with van der Waals surface area (Å²) in [5.41, 5.74) is 0.631. The summed E-state index contributed by atoms with van der Waals surface area (Å²) in [5, 5.41) is 9.46. The van der Waals surface area contributed by atoms with E-state index in [0.717, 1.165) is 25.7 Å². The maximum Gasteiger partial charge on any atom is 0.247 e. The molecular weight excluding hydrogens is 452 g/mol. The molecule has 3 amide bonds. The van der Waals surface area contributed by atoms with E-state index in [2.05, 4.69) is 15.8 Å². The van der Waals surface area contributed by atoms with E-state index in [0.29, 0.717) is 22.9 Å². The van der Waals surface area contributed by atoms with Crippen molar-refractivity contribution in [2.75, 3.05) is 32.7 Å². The minimum Gasteiger partial charge on any atom is -0.497 e. The largest absolute Gasteiger partial charge is 0.497 e. The molecule has 1 aliphatic carbocycles. The monoisotopic (exact) mass is 486 g/mol. The van der Waals surface area contributed by atoms with E-state index < -0.39 is 6.04 Å². The van der Waals surface area contributed by atoms with Gasteiger partial charge in [0.1, 0.15) is 17.6 Å². The summed E-state index contributed by atoms with van der Waals surface area (Å²) >= 11 is 0. The molecule has 3 rings (SSSR count). The maximum absolute atomic E-state index is 13.5. The lowest BCUT2D eigenvalue weighted by atomic mass is 10.0. The summed E-state index contributed by atoms with van der Waals surface area (Å²) in [6.45, 7) is 2.15. The number of methoxy groups -OCH3 is 2. The molecule has 10 heteroatoms. The number of aromatic nitrogens is 1. The van der Waals surface area contributed by atoms with E-state index in [1.54, 1.807) is 44.4 Å². The van der Waals surface area contributed by atoms with E-state index in [1.807, 2.05) is 0 Å². The predicted molar refractivity (Wildman–Crippen MR) is 129 cm³/mol. The number of carbonyl (C=O) groups excluding carboxylic acids is 3. The van der Waals surface area contributed by atoms with Crippen LogP contribution in [0.1, 0.15) is 55.9 Å². The Balaban J connectivity index is 1.78. The van der Waals surface area contributed by atoms with Crippen LogP contribution in [0.25, 0.3) is 0 Å². The number of ether oxygens (including phenoxy) is 2. The SMILES string of the molecule is COCCN(C(=O)CCC(=O)Nc1cc(C)on1)[C@H](C(=O)NC1CCCC1)c1cccc(OC)c1. The quantitative estimate of drug-likeness (QED) is 0.473. The number of hydrogen-bond donors (Lipinski definition) is 2. The van der Waals surface area contributed by atoms with E-state index >= 15 is 0 Å². The third-order valence-electron chi connectivity index (χ3n) is 5.99. The van der Waals surface area contributed by atoms with E-state index in [-0.39, 0.29) is 49.8 Å². The van der Waals surface area contributed by atoms with Gasteiger partial charge in [0, 0.05) is 38.6 Å². The Kier molecular flexibility index (Phi) is 9.66. The Morgan fingerprint density at radius 2 is 1.94 bits per heavy atom. The van der Waals surface area contributed by atoms with Crippen LogP contribution in [0.4, 0.5) is 5.82 Å². The van der Waals surface area contributed by atoms with Gasteiger partial charge in [0.15, 0.2) is 5.82 Å². The Hall–Kier alpha value is -3.40. The summed E-state index contributed by atoms with van der Waals surface area (Å²) in [7, 11) is 3.09. The maximum atomic E-state index is 13.5. The fourth-order valence-corrected chi connectivity index (χ4v) is 4.22. The first kappa shape index (κ1) is 26.2. The lowest BCUT2D eigenvalue weighted by Crippen LogP contribution is -2.47. The van der Waals surface area contributed by atoms with Crippen LogP contribution in [-0.4, -0.2) is 61.2 Å². The van der Waals surface area contributed by atoms with Crippen molar-refractivity contribution < 1.29 is 28.4 Å². The molecule has 1 aromatic heterocycles. The number of nitrogens with zero attached hydrogens (tertiary/aromatic N) is 2. The highest BCUT2D eigenvalue weighted by molar-refractivity contribution is 5.94. The van der Waals surface area contributed by atoms with Crippen molar-refractivity contribution in [3.63, 3.8) is 0 Å². The highest BCUT2D eigenvalue weighted by Crippen LogP contribution is 2.27. The van der Waals surface area contributed by atoms with Crippen LogP contribution < -0.4 is 15.4 Å². The van der Waals surface area contributed by atoms with E-state index in [1.165, 1.54) is 12.0 Å². The molecule has 1 saturated carbocycles. The van der Waals surface area contributed by atoms with Crippen LogP contribution in [0.3, 0.4) is 0 Å². The second-order valence-corrected chi connectivity index (χ2v) is 8.62. The molecule has 1 aliphatic rings. The first-order chi connectivity index (χ1) is 16.9. The number of nitrogens with one attached hydrogen (secondary N) is 2.